The molecule has 1 heterocycles. The number of nitrogen functional groups attached to an aromatic ring is 1. The van der Waals surface area contributed by atoms with Crippen LogP contribution < -0.4 is 15.2 Å². The quantitative estimate of drug-likeness (QED) is 0.736. The van der Waals surface area contributed by atoms with Gasteiger partial charge in [-0.1, -0.05) is 0 Å². The van der Waals surface area contributed by atoms with Crippen LogP contribution in [0.5, 0.6) is 11.5 Å². The van der Waals surface area contributed by atoms with Crippen LogP contribution in [0, 0.1) is 0 Å². The first-order valence-electron chi connectivity index (χ1n) is 4.99. The van der Waals surface area contributed by atoms with E-state index in [2.05, 4.69) is 4.90 Å². The van der Waals surface area contributed by atoms with Gasteiger partial charge in [0.2, 0.25) is 0 Å². The summed E-state index contributed by atoms with van der Waals surface area (Å²) in [5, 5.41) is 0. The van der Waals surface area contributed by atoms with Crippen LogP contribution in [-0.2, 0) is 0 Å². The smallest absolute Gasteiger partial charge is 0.163 e. The minimum Gasteiger partial charge on any atom is -0.486 e. The number of nitrogens with zero attached hydrogens (tertiary/aromatic N) is 1. The molecule has 2 N–H and O–H groups in total. The molecule has 1 unspecified atom stereocenters. The third-order valence-corrected chi connectivity index (χ3v) is 2.25. The van der Waals surface area contributed by atoms with E-state index < -0.39 is 0 Å². The van der Waals surface area contributed by atoms with Gasteiger partial charge in [0.25, 0.3) is 0 Å². The van der Waals surface area contributed by atoms with E-state index >= 15 is 0 Å². The van der Waals surface area contributed by atoms with Gasteiger partial charge in [0.15, 0.2) is 11.5 Å². The molecule has 0 radical (unpaired) electrons. The van der Waals surface area contributed by atoms with E-state index in [1.54, 1.807) is 6.07 Å². The maximum absolute atomic E-state index is 5.78. The molecule has 4 heteroatoms. The van der Waals surface area contributed by atoms with Crippen LogP contribution in [-0.4, -0.2) is 38.3 Å². The summed E-state index contributed by atoms with van der Waals surface area (Å²) in [6.07, 6.45) is 0.0936. The highest BCUT2D eigenvalue weighted by atomic mass is 16.6. The molecule has 82 valence electrons. The first kappa shape index (κ1) is 10.1. The number of ether oxygens (including phenoxy) is 2. The fourth-order valence-corrected chi connectivity index (χ4v) is 1.63. The van der Waals surface area contributed by atoms with Crippen molar-refractivity contribution in [3.05, 3.63) is 18.2 Å². The van der Waals surface area contributed by atoms with E-state index in [0.29, 0.717) is 12.3 Å². The molecule has 1 aliphatic rings. The van der Waals surface area contributed by atoms with Crippen molar-refractivity contribution in [3.8, 4) is 11.5 Å². The zero-order valence-electron chi connectivity index (χ0n) is 9.06. The number of rotatable bonds is 2. The van der Waals surface area contributed by atoms with Gasteiger partial charge in [-0.3, -0.25) is 0 Å². The summed E-state index contributed by atoms with van der Waals surface area (Å²) >= 11 is 0. The summed E-state index contributed by atoms with van der Waals surface area (Å²) < 4.78 is 11.4. The maximum Gasteiger partial charge on any atom is 0.163 e. The molecular weight excluding hydrogens is 192 g/mol. The molecule has 0 fully saturated rings. The van der Waals surface area contributed by atoms with Gasteiger partial charge in [0, 0.05) is 18.3 Å². The van der Waals surface area contributed by atoms with Crippen molar-refractivity contribution in [2.24, 2.45) is 0 Å². The van der Waals surface area contributed by atoms with Crippen LogP contribution in [0.1, 0.15) is 0 Å². The largest absolute Gasteiger partial charge is 0.486 e. The molecule has 0 bridgehead atoms. The minimum atomic E-state index is 0.0936. The third-order valence-electron chi connectivity index (χ3n) is 2.25. The zero-order valence-corrected chi connectivity index (χ0v) is 9.06. The van der Waals surface area contributed by atoms with Gasteiger partial charge in [0.05, 0.1) is 0 Å². The van der Waals surface area contributed by atoms with E-state index in [1.165, 1.54) is 0 Å². The molecular formula is C11H16N2O2. The predicted octanol–water partition coefficient (Wildman–Crippen LogP) is 0.970. The van der Waals surface area contributed by atoms with Crippen molar-refractivity contribution < 1.29 is 9.47 Å². The number of likely N-dealkylation sites (N-methyl/N-ethyl adjacent to an activating group) is 1. The highest BCUT2D eigenvalue weighted by Gasteiger charge is 2.21. The van der Waals surface area contributed by atoms with Crippen LogP contribution in [0.15, 0.2) is 18.2 Å². The summed E-state index contributed by atoms with van der Waals surface area (Å²) in [4.78, 5) is 2.08. The van der Waals surface area contributed by atoms with E-state index in [9.17, 15) is 0 Å². The lowest BCUT2D eigenvalue weighted by Crippen LogP contribution is -2.37. The number of anilines is 1. The Hall–Kier alpha value is -1.42. The van der Waals surface area contributed by atoms with Crippen molar-refractivity contribution in [2.75, 3.05) is 33.0 Å². The van der Waals surface area contributed by atoms with Gasteiger partial charge in [0.1, 0.15) is 12.7 Å². The second-order valence-electron chi connectivity index (χ2n) is 4.02. The lowest BCUT2D eigenvalue weighted by atomic mass is 10.2. The molecule has 15 heavy (non-hydrogen) atoms. The second-order valence-corrected chi connectivity index (χ2v) is 4.02. The van der Waals surface area contributed by atoms with E-state index in [4.69, 9.17) is 15.2 Å². The van der Waals surface area contributed by atoms with Gasteiger partial charge in [-0.25, -0.2) is 0 Å². The lowest BCUT2D eigenvalue weighted by molar-refractivity contribution is 0.0711. The SMILES string of the molecule is CN(C)CC1COc2cc(N)ccc2O1. The number of fused-ring (bicyclic) bond motifs is 1. The molecule has 0 aromatic heterocycles. The predicted molar refractivity (Wildman–Crippen MR) is 59.3 cm³/mol. The van der Waals surface area contributed by atoms with E-state index in [-0.39, 0.29) is 6.10 Å². The van der Waals surface area contributed by atoms with Crippen LogP contribution in [0.25, 0.3) is 0 Å². The van der Waals surface area contributed by atoms with E-state index in [0.717, 1.165) is 18.0 Å². The van der Waals surface area contributed by atoms with Crippen molar-refractivity contribution in [1.82, 2.24) is 4.90 Å². The average Bonchev–Trinajstić information content (AvgIpc) is 2.17. The Morgan fingerprint density at radius 3 is 2.93 bits per heavy atom. The van der Waals surface area contributed by atoms with Crippen LogP contribution in [0.2, 0.25) is 0 Å². The molecule has 4 nitrogen and oxygen atoms in total. The van der Waals surface area contributed by atoms with E-state index in [1.807, 2.05) is 26.2 Å². The summed E-state index contributed by atoms with van der Waals surface area (Å²) in [6, 6.07) is 5.47. The Morgan fingerprint density at radius 2 is 2.20 bits per heavy atom. The fraction of sp³-hybridized carbons (Fsp3) is 0.455. The number of nitrogens with two attached hydrogens (primary N) is 1. The molecule has 1 aromatic carbocycles. The minimum absolute atomic E-state index is 0.0936. The Morgan fingerprint density at radius 1 is 1.40 bits per heavy atom. The molecule has 0 saturated heterocycles. The lowest BCUT2D eigenvalue weighted by Gasteiger charge is -2.28. The molecule has 0 aliphatic carbocycles. The molecule has 0 spiro atoms. The average molecular weight is 208 g/mol. The molecule has 1 aromatic rings. The fourth-order valence-electron chi connectivity index (χ4n) is 1.63. The van der Waals surface area contributed by atoms with Crippen molar-refractivity contribution in [3.63, 3.8) is 0 Å². The van der Waals surface area contributed by atoms with Crippen molar-refractivity contribution in [2.45, 2.75) is 6.10 Å². The maximum atomic E-state index is 5.78. The van der Waals surface area contributed by atoms with Gasteiger partial charge in [-0.05, 0) is 26.2 Å². The van der Waals surface area contributed by atoms with Crippen LogP contribution in [0.4, 0.5) is 5.69 Å². The first-order valence-corrected chi connectivity index (χ1v) is 4.99. The Kier molecular flexibility index (Phi) is 2.68. The summed E-state index contributed by atoms with van der Waals surface area (Å²) in [5.74, 6) is 1.52. The Bertz CT molecular complexity index is 352. The standard InChI is InChI=1S/C11H16N2O2/c1-13(2)6-9-7-14-11-5-8(12)3-4-10(11)15-9/h3-5,9H,6-7,12H2,1-2H3. The third kappa shape index (κ3) is 2.33. The molecule has 2 rings (SSSR count). The second kappa shape index (κ2) is 3.98. The molecule has 0 amide bonds. The normalized spacial score (nSPS) is 19.3. The highest BCUT2D eigenvalue weighted by Crippen LogP contribution is 2.33. The molecule has 0 saturated carbocycles. The monoisotopic (exact) mass is 208 g/mol. The summed E-state index contributed by atoms with van der Waals surface area (Å²) in [7, 11) is 4.03. The summed E-state index contributed by atoms with van der Waals surface area (Å²) in [6.45, 7) is 1.43. The highest BCUT2D eigenvalue weighted by molar-refractivity contribution is 5.52. The van der Waals surface area contributed by atoms with Gasteiger partial charge >= 0.3 is 0 Å². The van der Waals surface area contributed by atoms with Crippen LogP contribution in [0.3, 0.4) is 0 Å². The van der Waals surface area contributed by atoms with Gasteiger partial charge in [-0.2, -0.15) is 0 Å². The Labute approximate surface area is 89.6 Å². The molecule has 1 atom stereocenters. The van der Waals surface area contributed by atoms with Crippen LogP contribution >= 0.6 is 0 Å². The van der Waals surface area contributed by atoms with Gasteiger partial charge in [-0.15, -0.1) is 0 Å². The Balaban J connectivity index is 2.10. The summed E-state index contributed by atoms with van der Waals surface area (Å²) in [5.41, 5.74) is 6.35. The zero-order chi connectivity index (χ0) is 10.8. The number of hydrogen-bond donors (Lipinski definition) is 1. The van der Waals surface area contributed by atoms with Crippen molar-refractivity contribution >= 4 is 5.69 Å². The first-order chi connectivity index (χ1) is 7.15. The van der Waals surface area contributed by atoms with Crippen molar-refractivity contribution in [1.29, 1.82) is 0 Å². The topological polar surface area (TPSA) is 47.7 Å². The molecule has 1 aliphatic heterocycles. The number of benzene rings is 1. The van der Waals surface area contributed by atoms with Gasteiger partial charge < -0.3 is 20.1 Å². The number of hydrogen-bond acceptors (Lipinski definition) is 4.